The molecule has 50 heteroatoms. The second-order valence-corrected chi connectivity index (χ2v) is 39.2. The van der Waals surface area contributed by atoms with E-state index in [1.54, 1.807) is 64.9 Å². The molecule has 0 spiro atoms. The molecule has 0 bridgehead atoms. The Morgan fingerprint density at radius 2 is 0.903 bits per heavy atom. The van der Waals surface area contributed by atoms with Gasteiger partial charge in [0.2, 0.25) is 45.3 Å². The summed E-state index contributed by atoms with van der Waals surface area (Å²) in [5.41, 5.74) is 19.0. The molecule has 2 amide bonds. The average molecular weight is 2070 g/mol. The molecular weight excluding hydrogens is 1950 g/mol. The first-order valence-corrected chi connectivity index (χ1v) is 49.6. The Kier molecular flexibility index (Phi) is 42.7. The van der Waals surface area contributed by atoms with Gasteiger partial charge in [0, 0.05) is 120 Å². The van der Waals surface area contributed by atoms with Gasteiger partial charge in [-0.3, -0.25) is 0 Å². The standard InChI is InChI=1S/C21H26N4O5S.C14H13Cl3N2O5S.C12H15N.C8H11BrN2O2.C8H13N3O4S.C8H12N2O2.C7H10N2O2.C4H8O.C2H3N.BHNS.H3N.H2O/c1-29-11-13-10-25-20(30-12-13)18(9-22-25)31(27,28)24-21(26)23-19-16-6-2-4-14(16)8-15-5-3-7-17(15)19;1-22-6-8-5-19-14(23-7-8)12(4-18-19)25(20,21)24-13-10(16)2-9(15)3-11(13)17;13-12-10-5-1-3-8(10)7-9-4-2-6-11(9)12;1-12-4-6-3-11-8(13-5-6)7(9)2-10-11;1-14-4-6-3-11-8(15-5-6)7(2-10-11)16(9,12)13;1-11-5-7-4-10-8(12-6-7)2-3-9-10;10-4-6-3-9-7(11-5-6)1-2-8-9;1-2-4-5-3-1;2*1-2-3;;/h8-9,13H,2-7,10-12H2,1H3,(H2,23,24,26);2-4,8H,5-7H2,1H3;7H,1-6,13H2;2,6H,3-5H2,1H3;2,6H,3-5H2,1H3,(H2,9,12,13);2-3,7H,4-6H2,1H3;1-2,6,10H,3-5H2;1-4H2;1H3;3H;1H3;1H2. The summed E-state index contributed by atoms with van der Waals surface area (Å²) >= 11 is 24.3. The van der Waals surface area contributed by atoms with Crippen molar-refractivity contribution < 1.29 is 102 Å². The Morgan fingerprint density at radius 3 is 1.31 bits per heavy atom. The summed E-state index contributed by atoms with van der Waals surface area (Å²) in [4.78, 5) is 12.3. The van der Waals surface area contributed by atoms with Crippen LogP contribution in [0.25, 0.3) is 0 Å². The van der Waals surface area contributed by atoms with Crippen LogP contribution in [0.1, 0.15) is 90.0 Å². The van der Waals surface area contributed by atoms with Crippen LogP contribution in [-0.4, -0.2) is 236 Å². The number of aromatic nitrogens is 12. The summed E-state index contributed by atoms with van der Waals surface area (Å²) in [6.45, 7) is 13.7. The van der Waals surface area contributed by atoms with Crippen molar-refractivity contribution in [2.75, 3.05) is 139 Å². The first-order chi connectivity index (χ1) is 63.6. The number of sulfonamides is 2. The number of urea groups is 1. The van der Waals surface area contributed by atoms with Gasteiger partial charge in [-0.15, -0.1) is 0 Å². The number of benzene rings is 3. The van der Waals surface area contributed by atoms with Gasteiger partial charge < -0.3 is 88.8 Å². The number of anilines is 2. The topological polar surface area (TPSA) is 545 Å². The van der Waals surface area contributed by atoms with Gasteiger partial charge in [0.1, 0.15) is 0 Å². The third kappa shape index (κ3) is 29.1. The third-order valence-corrected chi connectivity index (χ3v) is 27.0. The number of rotatable bonds is 18. The molecule has 6 unspecified atom stereocenters. The van der Waals surface area contributed by atoms with Crippen LogP contribution in [0.5, 0.6) is 41.0 Å². The number of nitrogen functional groups attached to an aromatic ring is 1. The van der Waals surface area contributed by atoms with Gasteiger partial charge in [-0.25, -0.2) is 59.6 Å². The number of hydrogen-bond acceptors (Lipinski definition) is 32. The fourth-order valence-corrected chi connectivity index (χ4v) is 20.4. The van der Waals surface area contributed by atoms with E-state index in [2.05, 4.69) is 93.4 Å². The fourth-order valence-electron chi connectivity index (χ4n) is 16.4. The first kappa shape index (κ1) is 109. The van der Waals surface area contributed by atoms with E-state index in [0.717, 1.165) is 142 Å². The van der Waals surface area contributed by atoms with E-state index >= 15 is 0 Å². The van der Waals surface area contributed by atoms with Gasteiger partial charge in [0.25, 0.3) is 10.0 Å². The van der Waals surface area contributed by atoms with Crippen LogP contribution in [0.2, 0.25) is 15.1 Å². The van der Waals surface area contributed by atoms with E-state index in [1.165, 1.54) is 130 Å². The summed E-state index contributed by atoms with van der Waals surface area (Å²) in [5.74, 6) is 4.13. The number of aryl methyl sites for hydroxylation is 4. The van der Waals surface area contributed by atoms with E-state index in [1.807, 2.05) is 21.5 Å². The first-order valence-electron chi connectivity index (χ1n) is 42.8. The minimum absolute atomic E-state index is 0. The molecule has 6 aromatic heterocycles. The van der Waals surface area contributed by atoms with Gasteiger partial charge in [-0.1, -0.05) is 46.9 Å². The Bertz CT molecular complexity index is 5650. The molecule has 13 heterocycles. The van der Waals surface area contributed by atoms with Gasteiger partial charge in [0.05, 0.1) is 176 Å². The molecule has 11 aliphatic rings. The zero-order valence-corrected chi connectivity index (χ0v) is 82.6. The quantitative estimate of drug-likeness (QED) is 0.0182. The minimum atomic E-state index is -4.25. The van der Waals surface area contributed by atoms with Gasteiger partial charge in [0.15, 0.2) is 20.4 Å². The summed E-state index contributed by atoms with van der Waals surface area (Å²) < 4.78 is 157. The van der Waals surface area contributed by atoms with Crippen LogP contribution >= 0.6 is 63.5 Å². The van der Waals surface area contributed by atoms with Crippen molar-refractivity contribution in [3.63, 3.8) is 0 Å². The zero-order valence-electron chi connectivity index (χ0n) is 75.4. The van der Waals surface area contributed by atoms with Crippen LogP contribution in [0.4, 0.5) is 16.2 Å². The monoisotopic (exact) mass is 2070 g/mol. The number of aliphatic hydroxyl groups excluding tert-OH is 1. The number of amides is 2. The number of nitrogens with zero attached hydrogens (tertiary/aromatic N) is 14. The SMILES string of the molecule is C1CCOC1.CC#N.COCC1COc2c(Br)cnn2C1.COCC1COc2c(S(=O)(=O)NC(=O)Nc3c4c(cc5c3CCC5)CCC4)cnn2C1.COCC1COc2c(S(=O)(=O)Oc3c(Cl)cc(Cl)cc3Cl)cnn2C1.COCC1COc2c(S(N)(=O)=O)cnn2C1.COCC1COc2ccnn2C1.N.Nc1c2c(cc3c1CCC3)CCC2.O.OCC1COc2ccnn2C1.[B]=NS. The third-order valence-electron chi connectivity index (χ3n) is 22.3. The number of carbonyl (C=O) groups is 1. The number of thiol groups is 1. The van der Waals surface area contributed by atoms with E-state index in [0.29, 0.717) is 84.3 Å². The molecule has 3 aromatic carbocycles. The second-order valence-electron chi connectivity index (χ2n) is 32.2. The molecule has 9 aromatic rings. The number of aliphatic hydroxyl groups is 1. The van der Waals surface area contributed by atoms with Gasteiger partial charge in [-0.05, 0) is 162 Å². The molecule has 20 rings (SSSR count). The predicted molar refractivity (Wildman–Crippen MR) is 504 cm³/mol. The van der Waals surface area contributed by atoms with Crippen LogP contribution in [0.15, 0.2) is 97.0 Å². The molecule has 1 fully saturated rings. The van der Waals surface area contributed by atoms with Crippen LogP contribution in [0, 0.1) is 46.8 Å². The second kappa shape index (κ2) is 52.6. The van der Waals surface area contributed by atoms with Crippen molar-refractivity contribution in [2.45, 2.75) is 151 Å². The van der Waals surface area contributed by atoms with Gasteiger partial charge >= 0.3 is 40.9 Å². The van der Waals surface area contributed by atoms with Crippen molar-refractivity contribution in [1.82, 2.24) is 69.6 Å². The summed E-state index contributed by atoms with van der Waals surface area (Å²) in [7, 11) is 0.385. The Labute approximate surface area is 809 Å². The van der Waals surface area contributed by atoms with E-state index < -0.39 is 36.2 Å². The molecule has 7 aliphatic heterocycles. The number of fused-ring (bicyclic) bond motifs is 10. The Hall–Kier alpha value is -8.91. The van der Waals surface area contributed by atoms with Crippen molar-refractivity contribution >= 4 is 119 Å². The van der Waals surface area contributed by atoms with Crippen LogP contribution in [-0.2, 0) is 149 Å². The van der Waals surface area contributed by atoms with E-state index in [9.17, 15) is 30.0 Å². The number of hydrogen-bond donors (Lipinski definition) is 7. The maximum atomic E-state index is 12.9. The van der Waals surface area contributed by atoms with Crippen LogP contribution in [0.3, 0.4) is 0 Å². The molecule has 6 atom stereocenters. The molecule has 134 heavy (non-hydrogen) atoms. The molecule has 4 aliphatic carbocycles. The Balaban J connectivity index is 0.000000177. The zero-order chi connectivity index (χ0) is 94.7. The van der Waals surface area contributed by atoms with Crippen LogP contribution < -0.4 is 59.7 Å². The molecule has 41 nitrogen and oxygen atoms in total. The number of ether oxygens (including phenoxy) is 12. The number of methoxy groups -OCH3 is 5. The number of nitrogens with two attached hydrogens (primary N) is 2. The molecule has 0 saturated carbocycles. The number of carbonyl (C=O) groups excluding carboxylic acids is 1. The number of halogens is 4. The predicted octanol–water partition coefficient (Wildman–Crippen LogP) is 9.29. The summed E-state index contributed by atoms with van der Waals surface area (Å²) in [6, 6.07) is 12.0. The fraction of sp³-hybridized carbons (Fsp3) is 0.548. The van der Waals surface area contributed by atoms with E-state index in [-0.39, 0.29) is 95.0 Å². The molecule has 1 saturated heterocycles. The average Bonchev–Trinajstić information content (AvgIpc) is 1.67. The maximum absolute atomic E-state index is 12.9. The number of nitriles is 1. The van der Waals surface area contributed by atoms with Crippen molar-refractivity contribution in [3.8, 4) is 47.1 Å². The van der Waals surface area contributed by atoms with Crippen molar-refractivity contribution in [1.29, 1.82) is 5.26 Å². The van der Waals surface area contributed by atoms with Crippen molar-refractivity contribution in [2.24, 2.45) is 44.9 Å². The molecule has 735 valence electrons. The summed E-state index contributed by atoms with van der Waals surface area (Å²) in [5, 5.41) is 48.7. The van der Waals surface area contributed by atoms with Gasteiger partial charge in [-0.2, -0.15) is 44.3 Å². The van der Waals surface area contributed by atoms with Crippen molar-refractivity contribution in [3.05, 3.63) is 138 Å². The molecule has 1 radical (unpaired) electrons. The molecular formula is C84H117BBrCl3N19O22S4. The summed E-state index contributed by atoms with van der Waals surface area (Å²) in [6.07, 6.45) is 24.8. The van der Waals surface area contributed by atoms with E-state index in [4.69, 9.17) is 117 Å². The number of nitrogens with one attached hydrogen (secondary N) is 2. The number of primary sulfonamides is 1. The molecule has 12 N–H and O–H groups in total. The normalized spacial score (nSPS) is 18.7. The Morgan fingerprint density at radius 1 is 0.552 bits per heavy atom.